The summed E-state index contributed by atoms with van der Waals surface area (Å²) in [4.78, 5) is 2.36. The molecule has 0 N–H and O–H groups in total. The van der Waals surface area contributed by atoms with Gasteiger partial charge in [-0.2, -0.15) is 0 Å². The summed E-state index contributed by atoms with van der Waals surface area (Å²) in [6.07, 6.45) is 0. The van der Waals surface area contributed by atoms with Gasteiger partial charge >= 0.3 is 0 Å². The van der Waals surface area contributed by atoms with Crippen LogP contribution >= 0.6 is 0 Å². The third-order valence-corrected chi connectivity index (χ3v) is 4.61. The van der Waals surface area contributed by atoms with Gasteiger partial charge in [0.2, 0.25) is 0 Å². The highest BCUT2D eigenvalue weighted by Crippen LogP contribution is 2.37. The molecule has 1 nitrogen and oxygen atoms in total. The Bertz CT molecular complexity index is 877. The van der Waals surface area contributed by atoms with Crippen LogP contribution in [0.4, 0.5) is 17.1 Å². The minimum Gasteiger partial charge on any atom is -0.310 e. The summed E-state index contributed by atoms with van der Waals surface area (Å²) in [5.74, 6) is 0. The molecule has 0 bridgehead atoms. The molecule has 0 aliphatic rings. The van der Waals surface area contributed by atoms with Crippen molar-refractivity contribution >= 4 is 17.1 Å². The van der Waals surface area contributed by atoms with Gasteiger partial charge in [0, 0.05) is 17.1 Å². The summed E-state index contributed by atoms with van der Waals surface area (Å²) in [6.45, 7) is 10.8. The van der Waals surface area contributed by atoms with Crippen LogP contribution in [0.5, 0.6) is 0 Å². The maximum atomic E-state index is 2.36. The zero-order valence-corrected chi connectivity index (χ0v) is 15.2. The van der Waals surface area contributed by atoms with E-state index >= 15 is 0 Å². The molecule has 0 aliphatic heterocycles. The number of benzene rings is 3. The van der Waals surface area contributed by atoms with E-state index in [-0.39, 0.29) is 0 Å². The lowest BCUT2D eigenvalue weighted by atomic mass is 10.0. The average molecular weight is 315 g/mol. The van der Waals surface area contributed by atoms with Gasteiger partial charge in [0.25, 0.3) is 0 Å². The Morgan fingerprint density at radius 3 is 1.92 bits per heavy atom. The Kier molecular flexibility index (Phi) is 4.44. The van der Waals surface area contributed by atoms with Crippen LogP contribution in [0.25, 0.3) is 0 Å². The number of aryl methyl sites for hydroxylation is 5. The van der Waals surface area contributed by atoms with Gasteiger partial charge in [-0.15, -0.1) is 0 Å². The first kappa shape index (κ1) is 16.3. The maximum Gasteiger partial charge on any atom is 0.0493 e. The van der Waals surface area contributed by atoms with E-state index in [1.807, 2.05) is 0 Å². The molecule has 0 aromatic heterocycles. The number of anilines is 3. The van der Waals surface area contributed by atoms with Crippen LogP contribution in [0.2, 0.25) is 0 Å². The minimum absolute atomic E-state index is 1.20. The molecule has 0 fully saturated rings. The number of rotatable bonds is 3. The molecule has 0 atom stereocenters. The van der Waals surface area contributed by atoms with Gasteiger partial charge in [-0.1, -0.05) is 30.3 Å². The standard InChI is InChI=1S/C23H25N/c1-16-7-6-8-21(13-16)24(22-12-11-18(3)20(5)15-22)23-14-17(2)9-10-19(23)4/h6-15H,1-5H3. The van der Waals surface area contributed by atoms with E-state index < -0.39 is 0 Å². The van der Waals surface area contributed by atoms with Crippen molar-refractivity contribution in [3.05, 3.63) is 88.5 Å². The molecule has 0 saturated heterocycles. The molecule has 0 amide bonds. The monoisotopic (exact) mass is 315 g/mol. The summed E-state index contributed by atoms with van der Waals surface area (Å²) in [6, 6.07) is 22.1. The van der Waals surface area contributed by atoms with Gasteiger partial charge in [-0.3, -0.25) is 0 Å². The number of nitrogens with zero attached hydrogens (tertiary/aromatic N) is 1. The first-order chi connectivity index (χ1) is 11.5. The Morgan fingerprint density at radius 2 is 1.21 bits per heavy atom. The molecule has 0 aliphatic carbocycles. The zero-order valence-electron chi connectivity index (χ0n) is 15.2. The lowest BCUT2D eigenvalue weighted by Crippen LogP contribution is -2.12. The van der Waals surface area contributed by atoms with Crippen LogP contribution in [0.1, 0.15) is 27.8 Å². The van der Waals surface area contributed by atoms with Gasteiger partial charge in [0.1, 0.15) is 0 Å². The van der Waals surface area contributed by atoms with E-state index in [1.165, 1.54) is 44.9 Å². The largest absolute Gasteiger partial charge is 0.310 e. The molecule has 1 heteroatoms. The molecule has 3 aromatic carbocycles. The van der Waals surface area contributed by atoms with E-state index in [4.69, 9.17) is 0 Å². The second kappa shape index (κ2) is 6.52. The van der Waals surface area contributed by atoms with Crippen molar-refractivity contribution < 1.29 is 0 Å². The van der Waals surface area contributed by atoms with Crippen LogP contribution < -0.4 is 4.90 Å². The molecule has 0 heterocycles. The molecular formula is C23H25N. The summed E-state index contributed by atoms with van der Waals surface area (Å²) in [5.41, 5.74) is 10.1. The first-order valence-electron chi connectivity index (χ1n) is 8.47. The van der Waals surface area contributed by atoms with Crippen molar-refractivity contribution in [1.29, 1.82) is 0 Å². The Labute approximate surface area is 145 Å². The van der Waals surface area contributed by atoms with Crippen LogP contribution in [0.15, 0.2) is 60.7 Å². The maximum absolute atomic E-state index is 2.36. The molecule has 0 radical (unpaired) electrons. The average Bonchev–Trinajstić information content (AvgIpc) is 2.54. The summed E-state index contributed by atoms with van der Waals surface area (Å²) < 4.78 is 0. The topological polar surface area (TPSA) is 3.24 Å². The van der Waals surface area contributed by atoms with Crippen molar-refractivity contribution in [2.75, 3.05) is 4.90 Å². The van der Waals surface area contributed by atoms with E-state index in [1.54, 1.807) is 0 Å². The molecule has 0 saturated carbocycles. The Balaban J connectivity index is 2.24. The van der Waals surface area contributed by atoms with Gasteiger partial charge in [-0.05, 0) is 92.8 Å². The van der Waals surface area contributed by atoms with E-state index in [2.05, 4.69) is 100 Å². The number of hydrogen-bond donors (Lipinski definition) is 0. The van der Waals surface area contributed by atoms with Crippen LogP contribution in [-0.2, 0) is 0 Å². The molecule has 3 rings (SSSR count). The zero-order chi connectivity index (χ0) is 17.3. The lowest BCUT2D eigenvalue weighted by molar-refractivity contribution is 1.21. The van der Waals surface area contributed by atoms with Crippen LogP contribution in [0.3, 0.4) is 0 Å². The van der Waals surface area contributed by atoms with E-state index in [0.717, 1.165) is 0 Å². The smallest absolute Gasteiger partial charge is 0.0493 e. The summed E-state index contributed by atoms with van der Waals surface area (Å²) in [7, 11) is 0. The highest BCUT2D eigenvalue weighted by Gasteiger charge is 2.15. The second-order valence-electron chi connectivity index (χ2n) is 6.73. The predicted molar refractivity (Wildman–Crippen MR) is 105 cm³/mol. The molecule has 0 spiro atoms. The quantitative estimate of drug-likeness (QED) is 0.520. The highest BCUT2D eigenvalue weighted by molar-refractivity contribution is 5.79. The first-order valence-corrected chi connectivity index (χ1v) is 8.47. The second-order valence-corrected chi connectivity index (χ2v) is 6.73. The van der Waals surface area contributed by atoms with Gasteiger partial charge in [-0.25, -0.2) is 0 Å². The predicted octanol–water partition coefficient (Wildman–Crippen LogP) is 6.70. The fraction of sp³-hybridized carbons (Fsp3) is 0.217. The molecule has 24 heavy (non-hydrogen) atoms. The fourth-order valence-electron chi connectivity index (χ4n) is 3.02. The normalized spacial score (nSPS) is 10.7. The van der Waals surface area contributed by atoms with Gasteiger partial charge < -0.3 is 4.90 Å². The Hall–Kier alpha value is -2.54. The summed E-state index contributed by atoms with van der Waals surface area (Å²) in [5, 5.41) is 0. The fourth-order valence-corrected chi connectivity index (χ4v) is 3.02. The third-order valence-electron chi connectivity index (χ3n) is 4.61. The van der Waals surface area contributed by atoms with Crippen molar-refractivity contribution in [3.63, 3.8) is 0 Å². The molecule has 122 valence electrons. The van der Waals surface area contributed by atoms with E-state index in [9.17, 15) is 0 Å². The van der Waals surface area contributed by atoms with Crippen LogP contribution in [-0.4, -0.2) is 0 Å². The van der Waals surface area contributed by atoms with Gasteiger partial charge in [0.05, 0.1) is 0 Å². The van der Waals surface area contributed by atoms with Crippen molar-refractivity contribution in [3.8, 4) is 0 Å². The minimum atomic E-state index is 1.20. The summed E-state index contributed by atoms with van der Waals surface area (Å²) >= 11 is 0. The van der Waals surface area contributed by atoms with E-state index in [0.29, 0.717) is 0 Å². The number of hydrogen-bond acceptors (Lipinski definition) is 1. The van der Waals surface area contributed by atoms with Crippen molar-refractivity contribution in [1.82, 2.24) is 0 Å². The third kappa shape index (κ3) is 3.21. The molecule has 3 aromatic rings. The lowest BCUT2D eigenvalue weighted by Gasteiger charge is -2.28. The van der Waals surface area contributed by atoms with Gasteiger partial charge in [0.15, 0.2) is 0 Å². The SMILES string of the molecule is Cc1cccc(N(c2ccc(C)c(C)c2)c2cc(C)ccc2C)c1. The highest BCUT2D eigenvalue weighted by atomic mass is 15.1. The molecule has 0 unspecified atom stereocenters. The van der Waals surface area contributed by atoms with Crippen molar-refractivity contribution in [2.24, 2.45) is 0 Å². The Morgan fingerprint density at radius 1 is 0.542 bits per heavy atom. The van der Waals surface area contributed by atoms with Crippen LogP contribution in [0, 0.1) is 34.6 Å². The van der Waals surface area contributed by atoms with Crippen molar-refractivity contribution in [2.45, 2.75) is 34.6 Å². The molecular weight excluding hydrogens is 290 g/mol.